The van der Waals surface area contributed by atoms with E-state index in [0.29, 0.717) is 23.9 Å². The first-order valence-electron chi connectivity index (χ1n) is 6.64. The molecule has 0 aromatic carbocycles. The van der Waals surface area contributed by atoms with Gasteiger partial charge in [0.2, 0.25) is 5.91 Å². The molecule has 1 aromatic rings. The number of halogens is 1. The molecule has 20 heavy (non-hydrogen) atoms. The number of rotatable bonds is 5. The highest BCUT2D eigenvalue weighted by Gasteiger charge is 2.18. The van der Waals surface area contributed by atoms with Gasteiger partial charge in [-0.1, -0.05) is 11.6 Å². The van der Waals surface area contributed by atoms with Gasteiger partial charge < -0.3 is 10.4 Å². The van der Waals surface area contributed by atoms with E-state index in [-0.39, 0.29) is 12.5 Å². The number of anilines is 1. The topological polar surface area (TPSA) is 68.7 Å². The van der Waals surface area contributed by atoms with Crippen molar-refractivity contribution >= 4 is 23.3 Å². The van der Waals surface area contributed by atoms with Crippen molar-refractivity contribution in [2.24, 2.45) is 0 Å². The average Bonchev–Trinajstić information content (AvgIpc) is 2.44. The molecule has 0 aliphatic carbocycles. The zero-order valence-electron chi connectivity index (χ0n) is 11.3. The first kappa shape index (κ1) is 15.2. The van der Waals surface area contributed by atoms with Gasteiger partial charge in [0.1, 0.15) is 5.82 Å². The molecule has 0 bridgehead atoms. The number of hydrogen-bond acceptors (Lipinski definition) is 5. The maximum absolute atomic E-state index is 11.9. The second-order valence-corrected chi connectivity index (χ2v) is 5.19. The van der Waals surface area contributed by atoms with Crippen LogP contribution in [0.2, 0.25) is 5.02 Å². The lowest BCUT2D eigenvalue weighted by Crippen LogP contribution is -2.49. The Hall–Kier alpha value is -1.21. The SMILES string of the molecule is O=C(CN1CCN(CCO)CC1)Nc1ccc(Cl)cn1. The molecule has 1 aromatic heterocycles. The minimum Gasteiger partial charge on any atom is -0.395 e. The highest BCUT2D eigenvalue weighted by molar-refractivity contribution is 6.30. The molecule has 0 saturated carbocycles. The quantitative estimate of drug-likeness (QED) is 0.817. The summed E-state index contributed by atoms with van der Waals surface area (Å²) >= 11 is 5.74. The Morgan fingerprint density at radius 1 is 1.30 bits per heavy atom. The van der Waals surface area contributed by atoms with Crippen molar-refractivity contribution in [2.75, 3.05) is 51.2 Å². The van der Waals surface area contributed by atoms with Crippen molar-refractivity contribution < 1.29 is 9.90 Å². The maximum Gasteiger partial charge on any atom is 0.239 e. The fourth-order valence-corrected chi connectivity index (χ4v) is 2.26. The highest BCUT2D eigenvalue weighted by Crippen LogP contribution is 2.09. The van der Waals surface area contributed by atoms with Gasteiger partial charge in [-0.15, -0.1) is 0 Å². The standard InChI is InChI=1S/C13H19ClN4O2/c14-11-1-2-12(15-9-11)16-13(20)10-18-5-3-17(4-6-18)7-8-19/h1-2,9,19H,3-8,10H2,(H,15,16,20). The third kappa shape index (κ3) is 4.72. The van der Waals surface area contributed by atoms with Gasteiger partial charge >= 0.3 is 0 Å². The number of nitrogens with one attached hydrogen (secondary N) is 1. The molecule has 1 aliphatic heterocycles. The number of β-amino-alcohol motifs (C(OH)–C–C–N with tert-alkyl or cyclic N) is 1. The molecule has 6 nitrogen and oxygen atoms in total. The molecule has 2 rings (SSSR count). The summed E-state index contributed by atoms with van der Waals surface area (Å²) in [5, 5.41) is 12.2. The van der Waals surface area contributed by atoms with Gasteiger partial charge in [0.15, 0.2) is 0 Å². The smallest absolute Gasteiger partial charge is 0.239 e. The fourth-order valence-electron chi connectivity index (χ4n) is 2.15. The third-order valence-corrected chi connectivity index (χ3v) is 3.47. The minimum atomic E-state index is -0.0737. The second kappa shape index (κ2) is 7.54. The monoisotopic (exact) mass is 298 g/mol. The molecule has 0 spiro atoms. The van der Waals surface area contributed by atoms with E-state index >= 15 is 0 Å². The Balaban J connectivity index is 1.74. The van der Waals surface area contributed by atoms with E-state index in [4.69, 9.17) is 16.7 Å². The molecule has 0 atom stereocenters. The number of carbonyl (C=O) groups excluding carboxylic acids is 1. The number of aromatic nitrogens is 1. The van der Waals surface area contributed by atoms with E-state index in [9.17, 15) is 4.79 Å². The van der Waals surface area contributed by atoms with Gasteiger partial charge in [-0.05, 0) is 12.1 Å². The minimum absolute atomic E-state index is 0.0737. The lowest BCUT2D eigenvalue weighted by Gasteiger charge is -2.33. The van der Waals surface area contributed by atoms with Crippen LogP contribution in [0.5, 0.6) is 0 Å². The average molecular weight is 299 g/mol. The van der Waals surface area contributed by atoms with Crippen molar-refractivity contribution in [3.8, 4) is 0 Å². The van der Waals surface area contributed by atoms with Crippen LogP contribution in [-0.4, -0.2) is 71.7 Å². The summed E-state index contributed by atoms with van der Waals surface area (Å²) in [5.41, 5.74) is 0. The number of aliphatic hydroxyl groups excluding tert-OH is 1. The number of pyridine rings is 1. The lowest BCUT2D eigenvalue weighted by molar-refractivity contribution is -0.117. The summed E-state index contributed by atoms with van der Waals surface area (Å²) in [5.74, 6) is 0.439. The van der Waals surface area contributed by atoms with Crippen LogP contribution in [0.15, 0.2) is 18.3 Å². The lowest BCUT2D eigenvalue weighted by atomic mass is 10.3. The zero-order valence-corrected chi connectivity index (χ0v) is 12.0. The number of amides is 1. The fraction of sp³-hybridized carbons (Fsp3) is 0.538. The maximum atomic E-state index is 11.9. The molecular weight excluding hydrogens is 280 g/mol. The molecule has 7 heteroatoms. The van der Waals surface area contributed by atoms with Gasteiger partial charge in [0, 0.05) is 38.9 Å². The number of piperazine rings is 1. The van der Waals surface area contributed by atoms with Crippen LogP contribution in [0.25, 0.3) is 0 Å². The predicted molar refractivity (Wildman–Crippen MR) is 77.8 cm³/mol. The molecule has 0 unspecified atom stereocenters. The molecule has 0 radical (unpaired) electrons. The van der Waals surface area contributed by atoms with Crippen molar-refractivity contribution in [3.63, 3.8) is 0 Å². The Morgan fingerprint density at radius 3 is 2.60 bits per heavy atom. The third-order valence-electron chi connectivity index (χ3n) is 3.24. The van der Waals surface area contributed by atoms with Crippen molar-refractivity contribution in [3.05, 3.63) is 23.4 Å². The Bertz CT molecular complexity index is 433. The Labute approximate surface area is 123 Å². The molecule has 1 aliphatic rings. The predicted octanol–water partition coefficient (Wildman–Crippen LogP) is 0.283. The van der Waals surface area contributed by atoms with Crippen LogP contribution in [-0.2, 0) is 4.79 Å². The van der Waals surface area contributed by atoms with Crippen LogP contribution in [0.4, 0.5) is 5.82 Å². The Morgan fingerprint density at radius 2 is 2.00 bits per heavy atom. The summed E-state index contributed by atoms with van der Waals surface area (Å²) in [6.45, 7) is 4.68. The Kier molecular flexibility index (Phi) is 5.72. The molecule has 110 valence electrons. The summed E-state index contributed by atoms with van der Waals surface area (Å²) in [6.07, 6.45) is 1.50. The van der Waals surface area contributed by atoms with Gasteiger partial charge in [-0.25, -0.2) is 4.98 Å². The molecule has 2 heterocycles. The molecule has 2 N–H and O–H groups in total. The van der Waals surface area contributed by atoms with Crippen molar-refractivity contribution in [1.82, 2.24) is 14.8 Å². The van der Waals surface area contributed by atoms with Crippen LogP contribution in [0.1, 0.15) is 0 Å². The summed E-state index contributed by atoms with van der Waals surface area (Å²) in [7, 11) is 0. The number of nitrogens with zero attached hydrogens (tertiary/aromatic N) is 3. The van der Waals surface area contributed by atoms with Crippen LogP contribution >= 0.6 is 11.6 Å². The van der Waals surface area contributed by atoms with Gasteiger partial charge in [-0.2, -0.15) is 0 Å². The number of hydrogen-bond donors (Lipinski definition) is 2. The van der Waals surface area contributed by atoms with E-state index in [0.717, 1.165) is 26.2 Å². The van der Waals surface area contributed by atoms with Crippen LogP contribution in [0.3, 0.4) is 0 Å². The number of carbonyl (C=O) groups is 1. The molecule has 1 fully saturated rings. The van der Waals surface area contributed by atoms with Gasteiger partial charge in [0.05, 0.1) is 18.2 Å². The zero-order chi connectivity index (χ0) is 14.4. The van der Waals surface area contributed by atoms with E-state index in [2.05, 4.69) is 20.1 Å². The number of aliphatic hydroxyl groups is 1. The molecule has 1 amide bonds. The van der Waals surface area contributed by atoms with E-state index in [1.165, 1.54) is 6.20 Å². The summed E-state index contributed by atoms with van der Waals surface area (Å²) < 4.78 is 0. The normalized spacial score (nSPS) is 17.1. The summed E-state index contributed by atoms with van der Waals surface area (Å²) in [4.78, 5) is 20.2. The van der Waals surface area contributed by atoms with E-state index < -0.39 is 0 Å². The van der Waals surface area contributed by atoms with Crippen molar-refractivity contribution in [2.45, 2.75) is 0 Å². The largest absolute Gasteiger partial charge is 0.395 e. The molecule has 1 saturated heterocycles. The first-order valence-corrected chi connectivity index (χ1v) is 7.02. The first-order chi connectivity index (χ1) is 9.67. The van der Waals surface area contributed by atoms with Crippen molar-refractivity contribution in [1.29, 1.82) is 0 Å². The van der Waals surface area contributed by atoms with E-state index in [1.54, 1.807) is 12.1 Å². The highest BCUT2D eigenvalue weighted by atomic mass is 35.5. The molecular formula is C13H19ClN4O2. The van der Waals surface area contributed by atoms with Crippen LogP contribution in [0, 0.1) is 0 Å². The summed E-state index contributed by atoms with van der Waals surface area (Å²) in [6, 6.07) is 3.37. The van der Waals surface area contributed by atoms with Crippen LogP contribution < -0.4 is 5.32 Å². The second-order valence-electron chi connectivity index (χ2n) is 4.75. The van der Waals surface area contributed by atoms with Gasteiger partial charge in [0.25, 0.3) is 0 Å². The van der Waals surface area contributed by atoms with Gasteiger partial charge in [-0.3, -0.25) is 14.6 Å². The van der Waals surface area contributed by atoms with E-state index in [1.807, 2.05) is 0 Å².